The maximum atomic E-state index is 4.80. The van der Waals surface area contributed by atoms with E-state index in [1.807, 2.05) is 48.1 Å². The van der Waals surface area contributed by atoms with E-state index in [2.05, 4.69) is 98.4 Å². The summed E-state index contributed by atoms with van der Waals surface area (Å²) in [5.74, 6) is 2.12. The van der Waals surface area contributed by atoms with Gasteiger partial charge in [-0.1, -0.05) is 67.1 Å². The molecular formula is C33H38N5S2+. The van der Waals surface area contributed by atoms with Crippen molar-refractivity contribution < 1.29 is 4.48 Å². The van der Waals surface area contributed by atoms with Crippen molar-refractivity contribution in [3.05, 3.63) is 85.2 Å². The lowest BCUT2D eigenvalue weighted by molar-refractivity contribution is -0.931. The Morgan fingerprint density at radius 3 is 1.45 bits per heavy atom. The molecule has 4 heterocycles. The highest BCUT2D eigenvalue weighted by atomic mass is 32.2. The van der Waals surface area contributed by atoms with Crippen LogP contribution in [0.25, 0.3) is 0 Å². The number of aromatic nitrogens is 2. The molecule has 0 bridgehead atoms. The fourth-order valence-electron chi connectivity index (χ4n) is 5.08. The van der Waals surface area contributed by atoms with Crippen molar-refractivity contribution in [3.8, 4) is 0 Å². The number of hydrogen-bond acceptors (Lipinski definition) is 6. The molecule has 0 radical (unpaired) electrons. The number of benzene rings is 2. The monoisotopic (exact) mass is 568 g/mol. The van der Waals surface area contributed by atoms with Gasteiger partial charge in [0.15, 0.2) is 0 Å². The van der Waals surface area contributed by atoms with E-state index in [1.165, 1.54) is 50.2 Å². The Bertz CT molecular complexity index is 1290. The average molecular weight is 569 g/mol. The van der Waals surface area contributed by atoms with E-state index in [0.717, 1.165) is 29.2 Å². The molecule has 2 unspecified atom stereocenters. The third-order valence-corrected chi connectivity index (χ3v) is 10.5. The molecule has 2 aromatic carbocycles. The Labute approximate surface area is 247 Å². The van der Waals surface area contributed by atoms with Crippen LogP contribution in [0.4, 0.5) is 23.0 Å². The summed E-state index contributed by atoms with van der Waals surface area (Å²) in [5.41, 5.74) is 2.50. The van der Waals surface area contributed by atoms with Gasteiger partial charge in [0.1, 0.15) is 23.7 Å². The van der Waals surface area contributed by atoms with Crippen LogP contribution in [0.5, 0.6) is 0 Å². The molecule has 0 N–H and O–H groups in total. The Balaban J connectivity index is 0.000000905. The van der Waals surface area contributed by atoms with Gasteiger partial charge in [-0.2, -0.15) is 0 Å². The van der Waals surface area contributed by atoms with Crippen LogP contribution >= 0.6 is 23.5 Å². The number of fused-ring (bicyclic) bond motifs is 4. The van der Waals surface area contributed by atoms with Crippen LogP contribution in [0.1, 0.15) is 33.1 Å². The van der Waals surface area contributed by atoms with Crippen molar-refractivity contribution in [1.82, 2.24) is 9.97 Å². The van der Waals surface area contributed by atoms with Crippen molar-refractivity contribution in [1.29, 1.82) is 0 Å². The van der Waals surface area contributed by atoms with Gasteiger partial charge in [0, 0.05) is 22.2 Å². The number of hydrogen-bond donors (Lipinski definition) is 0. The van der Waals surface area contributed by atoms with Gasteiger partial charge < -0.3 is 14.3 Å². The molecule has 4 aromatic rings. The Morgan fingerprint density at radius 2 is 1.02 bits per heavy atom. The van der Waals surface area contributed by atoms with Crippen LogP contribution in [0.15, 0.2) is 105 Å². The smallest absolute Gasteiger partial charge is 0.147 e. The summed E-state index contributed by atoms with van der Waals surface area (Å²) in [6.45, 7) is 6.52. The molecule has 7 rings (SSSR count). The third-order valence-electron chi connectivity index (χ3n) is 8.28. The van der Waals surface area contributed by atoms with E-state index in [1.54, 1.807) is 0 Å². The summed E-state index contributed by atoms with van der Waals surface area (Å²) < 4.78 is 0.877. The fraction of sp³-hybridized carbons (Fsp3) is 0.333. The Morgan fingerprint density at radius 1 is 0.625 bits per heavy atom. The molecule has 1 aliphatic carbocycles. The van der Waals surface area contributed by atoms with Crippen molar-refractivity contribution in [2.24, 2.45) is 0 Å². The normalized spacial score (nSPS) is 16.4. The quantitative estimate of drug-likeness (QED) is 0.217. The van der Waals surface area contributed by atoms with Crippen molar-refractivity contribution in [3.63, 3.8) is 0 Å². The molecule has 2 aliphatic heterocycles. The molecule has 1 fully saturated rings. The molecule has 3 aliphatic rings. The summed E-state index contributed by atoms with van der Waals surface area (Å²) >= 11 is 3.63. The molecule has 0 saturated heterocycles. The minimum atomic E-state index is 0.360. The first-order valence-electron chi connectivity index (χ1n) is 14.3. The zero-order valence-electron chi connectivity index (χ0n) is 23.8. The molecular weight excluding hydrogens is 531 g/mol. The first-order chi connectivity index (χ1) is 19.4. The maximum absolute atomic E-state index is 4.80. The number of likely N-dealkylation sites (N-methyl/N-ethyl adjacent to an activating group) is 1. The summed E-state index contributed by atoms with van der Waals surface area (Å²) in [6.07, 6.45) is 8.31. The van der Waals surface area contributed by atoms with E-state index in [-0.39, 0.29) is 0 Å². The van der Waals surface area contributed by atoms with Crippen molar-refractivity contribution in [2.45, 2.75) is 64.8 Å². The minimum absolute atomic E-state index is 0.360. The second-order valence-electron chi connectivity index (χ2n) is 11.4. The maximum Gasteiger partial charge on any atom is 0.147 e. The van der Waals surface area contributed by atoms with Gasteiger partial charge in [0.25, 0.3) is 0 Å². The van der Waals surface area contributed by atoms with Gasteiger partial charge in [-0.05, 0) is 62.4 Å². The van der Waals surface area contributed by atoms with Crippen LogP contribution in [-0.4, -0.2) is 53.7 Å². The molecule has 5 nitrogen and oxygen atoms in total. The van der Waals surface area contributed by atoms with E-state index >= 15 is 0 Å². The highest BCUT2D eigenvalue weighted by Crippen LogP contribution is 2.48. The second kappa shape index (κ2) is 11.5. The summed E-state index contributed by atoms with van der Waals surface area (Å²) in [5, 5.41) is 0. The zero-order valence-corrected chi connectivity index (χ0v) is 25.5. The van der Waals surface area contributed by atoms with Crippen LogP contribution in [0, 0.1) is 0 Å². The van der Waals surface area contributed by atoms with Crippen LogP contribution in [-0.2, 0) is 0 Å². The zero-order chi connectivity index (χ0) is 27.7. The third kappa shape index (κ3) is 5.47. The molecule has 40 heavy (non-hydrogen) atoms. The molecule has 0 spiro atoms. The number of rotatable bonds is 6. The summed E-state index contributed by atoms with van der Waals surface area (Å²) in [4.78, 5) is 19.5. The Kier molecular flexibility index (Phi) is 7.80. The lowest BCUT2D eigenvalue weighted by Crippen LogP contribution is -2.59. The van der Waals surface area contributed by atoms with Gasteiger partial charge in [-0.3, -0.25) is 0 Å². The lowest BCUT2D eigenvalue weighted by atomic mass is 10.1. The first kappa shape index (κ1) is 27.2. The number of pyridine rings is 2. The van der Waals surface area contributed by atoms with E-state index in [4.69, 9.17) is 9.97 Å². The van der Waals surface area contributed by atoms with Crippen molar-refractivity contribution >= 4 is 46.5 Å². The molecule has 1 saturated carbocycles. The molecule has 2 aromatic heterocycles. The van der Waals surface area contributed by atoms with Gasteiger partial charge in [-0.25, -0.2) is 9.97 Å². The second-order valence-corrected chi connectivity index (χ2v) is 13.6. The number of para-hydroxylation sites is 2. The van der Waals surface area contributed by atoms with Crippen LogP contribution < -0.4 is 9.80 Å². The molecule has 7 heteroatoms. The largest absolute Gasteiger partial charge is 0.321 e. The van der Waals surface area contributed by atoms with E-state index in [9.17, 15) is 0 Å². The van der Waals surface area contributed by atoms with E-state index in [0.29, 0.717) is 12.1 Å². The predicted octanol–water partition coefficient (Wildman–Crippen LogP) is 8.41. The van der Waals surface area contributed by atoms with Gasteiger partial charge in [0.05, 0.1) is 48.4 Å². The number of quaternary nitrogens is 1. The SMILES string of the molecule is C1CC1.CC(CN1c2ccccc2Sc2cccnc21)[N+](C)(C)C(C)CN1c2ccccc2Sc2cccnc21. The van der Waals surface area contributed by atoms with Gasteiger partial charge >= 0.3 is 0 Å². The van der Waals surface area contributed by atoms with E-state index < -0.39 is 0 Å². The highest BCUT2D eigenvalue weighted by molar-refractivity contribution is 8.00. The van der Waals surface area contributed by atoms with Gasteiger partial charge in [0.2, 0.25) is 0 Å². The van der Waals surface area contributed by atoms with Crippen LogP contribution in [0.3, 0.4) is 0 Å². The fourth-order valence-corrected chi connectivity index (χ4v) is 7.21. The lowest BCUT2D eigenvalue weighted by Gasteiger charge is -2.46. The first-order valence-corrected chi connectivity index (χ1v) is 15.9. The standard InChI is InChI=1S/C30H32N5S2.C3H6/c1-21(19-33-23-11-5-7-13-25(23)36-27-15-9-17-31-29(27)33)35(3,4)22(2)20-34-24-12-6-8-14-26(24)37-28-16-10-18-32-30(28)34;1-2-3-1/h5-18,21-22H,19-20H2,1-4H3;1-3H2/q+1;. The van der Waals surface area contributed by atoms with Gasteiger partial charge in [-0.15, -0.1) is 0 Å². The predicted molar refractivity (Wildman–Crippen MR) is 168 cm³/mol. The molecule has 206 valence electrons. The van der Waals surface area contributed by atoms with Crippen molar-refractivity contribution in [2.75, 3.05) is 37.0 Å². The number of anilines is 4. The topological polar surface area (TPSA) is 32.3 Å². The minimum Gasteiger partial charge on any atom is -0.321 e. The molecule has 2 atom stereocenters. The summed E-state index contributed by atoms with van der Waals surface area (Å²) in [7, 11) is 4.73. The number of nitrogens with zero attached hydrogens (tertiary/aromatic N) is 5. The average Bonchev–Trinajstić information content (AvgIpc) is 3.87. The Hall–Kier alpha value is -3.00. The summed E-state index contributed by atoms with van der Waals surface area (Å²) in [6, 6.07) is 26.5. The highest BCUT2D eigenvalue weighted by Gasteiger charge is 2.37. The van der Waals surface area contributed by atoms with Crippen LogP contribution in [0.2, 0.25) is 0 Å². The molecule has 0 amide bonds.